The van der Waals surface area contributed by atoms with E-state index in [0.717, 1.165) is 38.4 Å². The molecule has 2 heterocycles. The number of hydrogen-bond acceptors (Lipinski definition) is 4. The number of nitrogens with one attached hydrogen (secondary N) is 2. The number of hydrogen-bond donors (Lipinski definition) is 2. The van der Waals surface area contributed by atoms with Gasteiger partial charge in [-0.05, 0) is 58.0 Å². The molecular weight excluding hydrogens is 479 g/mol. The van der Waals surface area contributed by atoms with Gasteiger partial charge in [0.25, 0.3) is 0 Å². The first-order chi connectivity index (χ1) is 11.9. The molecule has 0 aliphatic carbocycles. The molecule has 1 aliphatic rings. The average Bonchev–Trinajstić information content (AvgIpc) is 3.09. The van der Waals surface area contributed by atoms with E-state index in [-0.39, 0.29) is 28.7 Å². The Hall–Kier alpha value is -0.350. The van der Waals surface area contributed by atoms with E-state index in [4.69, 9.17) is 0 Å². The monoisotopic (exact) mass is 512 g/mol. The number of anilines is 1. The van der Waals surface area contributed by atoms with Crippen molar-refractivity contribution in [1.29, 1.82) is 0 Å². The van der Waals surface area contributed by atoms with Gasteiger partial charge in [-0.1, -0.05) is 0 Å². The number of halogens is 1. The van der Waals surface area contributed by atoms with Crippen LogP contribution in [0, 0.1) is 0 Å². The largest absolute Gasteiger partial charge is 0.363 e. The zero-order valence-corrected chi connectivity index (χ0v) is 20.2. The van der Waals surface area contributed by atoms with Crippen molar-refractivity contribution in [2.75, 3.05) is 36.8 Å². The van der Waals surface area contributed by atoms with Crippen LogP contribution in [-0.2, 0) is 10.8 Å². The van der Waals surface area contributed by atoms with Gasteiger partial charge in [-0.25, -0.2) is 0 Å². The highest BCUT2D eigenvalue weighted by atomic mass is 127. The first-order valence-corrected chi connectivity index (χ1v) is 11.3. The van der Waals surface area contributed by atoms with Gasteiger partial charge in [0.2, 0.25) is 0 Å². The SMILES string of the molecule is CCNC(=NCCS(=O)C(C)(C)C)NC1CCN(c2cccs2)CC1.I. The third-order valence-corrected chi connectivity index (χ3v) is 7.08. The summed E-state index contributed by atoms with van der Waals surface area (Å²) in [5.41, 5.74) is 0. The third-order valence-electron chi connectivity index (χ3n) is 4.23. The van der Waals surface area contributed by atoms with Gasteiger partial charge in [0.1, 0.15) is 0 Å². The zero-order valence-electron chi connectivity index (χ0n) is 16.3. The van der Waals surface area contributed by atoms with Crippen LogP contribution < -0.4 is 15.5 Å². The zero-order chi connectivity index (χ0) is 18.3. The van der Waals surface area contributed by atoms with Crippen LogP contribution in [0.3, 0.4) is 0 Å². The van der Waals surface area contributed by atoms with E-state index < -0.39 is 10.8 Å². The molecule has 1 fully saturated rings. The molecule has 0 aromatic carbocycles. The standard InChI is InChI=1S/C18H32N4OS2.HI/c1-5-19-17(20-10-14-25(23)18(2,3)4)21-15-8-11-22(12-9-15)16-7-6-13-24-16;/h6-7,13,15H,5,8-12,14H2,1-4H3,(H2,19,20,21);1H. The van der Waals surface area contributed by atoms with Crippen molar-refractivity contribution in [3.05, 3.63) is 17.5 Å². The molecular formula is C18H33IN4OS2. The van der Waals surface area contributed by atoms with Crippen LogP contribution >= 0.6 is 35.3 Å². The van der Waals surface area contributed by atoms with Gasteiger partial charge < -0.3 is 15.5 Å². The van der Waals surface area contributed by atoms with Crippen molar-refractivity contribution in [2.45, 2.75) is 51.3 Å². The van der Waals surface area contributed by atoms with E-state index in [1.165, 1.54) is 5.00 Å². The molecule has 1 saturated heterocycles. The summed E-state index contributed by atoms with van der Waals surface area (Å²) in [5.74, 6) is 1.46. The predicted octanol–water partition coefficient (Wildman–Crippen LogP) is 3.44. The minimum atomic E-state index is -0.855. The van der Waals surface area contributed by atoms with E-state index >= 15 is 0 Å². The summed E-state index contributed by atoms with van der Waals surface area (Å²) in [5, 5.41) is 10.4. The van der Waals surface area contributed by atoms with Gasteiger partial charge in [-0.15, -0.1) is 35.3 Å². The second-order valence-electron chi connectivity index (χ2n) is 7.28. The molecule has 1 aliphatic heterocycles. The van der Waals surface area contributed by atoms with Crippen molar-refractivity contribution < 1.29 is 4.21 Å². The normalized spacial score (nSPS) is 17.5. The number of rotatable bonds is 6. The minimum absolute atomic E-state index is 0. The smallest absolute Gasteiger partial charge is 0.191 e. The second kappa shape index (κ2) is 11.5. The molecule has 0 radical (unpaired) electrons. The molecule has 0 bridgehead atoms. The van der Waals surface area contributed by atoms with E-state index in [1.54, 1.807) is 0 Å². The molecule has 0 amide bonds. The van der Waals surface area contributed by atoms with Crippen molar-refractivity contribution >= 4 is 57.1 Å². The first-order valence-electron chi connectivity index (χ1n) is 9.12. The predicted molar refractivity (Wildman–Crippen MR) is 127 cm³/mol. The summed E-state index contributed by atoms with van der Waals surface area (Å²) < 4.78 is 12.0. The third kappa shape index (κ3) is 7.72. The van der Waals surface area contributed by atoms with Gasteiger partial charge in [0.15, 0.2) is 5.96 Å². The molecule has 150 valence electrons. The molecule has 1 unspecified atom stereocenters. The lowest BCUT2D eigenvalue weighted by atomic mass is 10.1. The minimum Gasteiger partial charge on any atom is -0.363 e. The topological polar surface area (TPSA) is 56.7 Å². The maximum Gasteiger partial charge on any atom is 0.191 e. The van der Waals surface area contributed by atoms with Gasteiger partial charge >= 0.3 is 0 Å². The molecule has 2 N–H and O–H groups in total. The molecule has 1 aromatic heterocycles. The molecule has 26 heavy (non-hydrogen) atoms. The molecule has 5 nitrogen and oxygen atoms in total. The Morgan fingerprint density at radius 2 is 2.08 bits per heavy atom. The summed E-state index contributed by atoms with van der Waals surface area (Å²) in [4.78, 5) is 7.08. The van der Waals surface area contributed by atoms with Gasteiger partial charge in [0, 0.05) is 47.0 Å². The molecule has 1 atom stereocenters. The number of nitrogens with zero attached hydrogens (tertiary/aromatic N) is 2. The van der Waals surface area contributed by atoms with E-state index in [2.05, 4.69) is 45.0 Å². The Morgan fingerprint density at radius 3 is 2.62 bits per heavy atom. The number of guanidine groups is 1. The van der Waals surface area contributed by atoms with Crippen molar-refractivity contribution in [3.63, 3.8) is 0 Å². The van der Waals surface area contributed by atoms with Crippen LogP contribution in [0.2, 0.25) is 0 Å². The molecule has 8 heteroatoms. The van der Waals surface area contributed by atoms with Crippen LogP contribution in [-0.4, -0.2) is 52.9 Å². The number of thiophene rings is 1. The Morgan fingerprint density at radius 1 is 1.38 bits per heavy atom. The van der Waals surface area contributed by atoms with Gasteiger partial charge in [0.05, 0.1) is 11.5 Å². The second-order valence-corrected chi connectivity index (χ2v) is 10.5. The highest BCUT2D eigenvalue weighted by Crippen LogP contribution is 2.24. The van der Waals surface area contributed by atoms with Crippen LogP contribution in [0.15, 0.2) is 22.5 Å². The van der Waals surface area contributed by atoms with Crippen molar-refractivity contribution in [1.82, 2.24) is 10.6 Å². The van der Waals surface area contributed by atoms with Crippen LogP contribution in [0.25, 0.3) is 0 Å². The van der Waals surface area contributed by atoms with Gasteiger partial charge in [-0.3, -0.25) is 9.20 Å². The Balaban J connectivity index is 0.00000338. The number of aliphatic imine (C=N–C) groups is 1. The quantitative estimate of drug-likeness (QED) is 0.349. The van der Waals surface area contributed by atoms with Crippen LogP contribution in [0.1, 0.15) is 40.5 Å². The van der Waals surface area contributed by atoms with Crippen molar-refractivity contribution in [3.8, 4) is 0 Å². The Labute approximate surface area is 181 Å². The van der Waals surface area contributed by atoms with Crippen LogP contribution in [0.4, 0.5) is 5.00 Å². The van der Waals surface area contributed by atoms with E-state index in [9.17, 15) is 4.21 Å². The van der Waals surface area contributed by atoms with Crippen molar-refractivity contribution in [2.24, 2.45) is 4.99 Å². The van der Waals surface area contributed by atoms with E-state index in [0.29, 0.717) is 18.3 Å². The summed E-state index contributed by atoms with van der Waals surface area (Å²) >= 11 is 1.81. The lowest BCUT2D eigenvalue weighted by molar-refractivity contribution is 0.463. The summed E-state index contributed by atoms with van der Waals surface area (Å²) in [6.45, 7) is 11.7. The molecule has 2 rings (SSSR count). The highest BCUT2D eigenvalue weighted by molar-refractivity contribution is 14.0. The first kappa shape index (κ1) is 23.7. The molecule has 1 aromatic rings. The summed E-state index contributed by atoms with van der Waals surface area (Å²) in [7, 11) is -0.855. The Bertz CT molecular complexity index is 564. The fraction of sp³-hybridized carbons (Fsp3) is 0.722. The Kier molecular flexibility index (Phi) is 10.5. The average molecular weight is 513 g/mol. The fourth-order valence-electron chi connectivity index (χ4n) is 2.75. The summed E-state index contributed by atoms with van der Waals surface area (Å²) in [6.07, 6.45) is 2.21. The van der Waals surface area contributed by atoms with Gasteiger partial charge in [-0.2, -0.15) is 0 Å². The molecule has 0 saturated carbocycles. The highest BCUT2D eigenvalue weighted by Gasteiger charge is 2.21. The van der Waals surface area contributed by atoms with E-state index in [1.807, 2.05) is 32.1 Å². The lowest BCUT2D eigenvalue weighted by Crippen LogP contribution is -2.48. The molecule has 0 spiro atoms. The fourth-order valence-corrected chi connectivity index (χ4v) is 4.41. The lowest BCUT2D eigenvalue weighted by Gasteiger charge is -2.33. The maximum atomic E-state index is 12.1. The number of piperidine rings is 1. The summed E-state index contributed by atoms with van der Waals surface area (Å²) in [6, 6.07) is 4.75. The maximum absolute atomic E-state index is 12.1. The van der Waals surface area contributed by atoms with Crippen LogP contribution in [0.5, 0.6) is 0 Å².